The molecule has 58 valence electrons. The predicted molar refractivity (Wildman–Crippen MR) is 38.6 cm³/mol. The zero-order valence-corrected chi connectivity index (χ0v) is 6.42. The average molecular weight is 144 g/mol. The maximum Gasteiger partial charge on any atom is 0.430 e. The highest BCUT2D eigenvalue weighted by molar-refractivity contribution is 5.67. The summed E-state index contributed by atoms with van der Waals surface area (Å²) >= 11 is 0. The van der Waals surface area contributed by atoms with E-state index in [9.17, 15) is 4.79 Å². The maximum atomic E-state index is 9.97. The minimum atomic E-state index is -0.888. The SMILES string of the molecule is CC(C)(C)/C=N/OC(N)=O. The number of nitrogens with zero attached hydrogens (tertiary/aromatic N) is 1. The van der Waals surface area contributed by atoms with E-state index in [1.165, 1.54) is 6.21 Å². The molecule has 0 fully saturated rings. The molecule has 0 aliphatic rings. The molecule has 0 aromatic heterocycles. The Morgan fingerprint density at radius 3 is 2.40 bits per heavy atom. The van der Waals surface area contributed by atoms with Gasteiger partial charge in [0.15, 0.2) is 0 Å². The molecule has 0 saturated heterocycles. The van der Waals surface area contributed by atoms with E-state index in [4.69, 9.17) is 0 Å². The lowest BCUT2D eigenvalue weighted by molar-refractivity contribution is 0.161. The van der Waals surface area contributed by atoms with Crippen molar-refractivity contribution in [1.82, 2.24) is 0 Å². The molecule has 0 rings (SSSR count). The van der Waals surface area contributed by atoms with Crippen molar-refractivity contribution in [2.24, 2.45) is 16.3 Å². The molecule has 0 aliphatic heterocycles. The van der Waals surface area contributed by atoms with Crippen LogP contribution in [0.3, 0.4) is 0 Å². The first-order valence-corrected chi connectivity index (χ1v) is 2.93. The van der Waals surface area contributed by atoms with Crippen LogP contribution in [-0.2, 0) is 4.84 Å². The summed E-state index contributed by atoms with van der Waals surface area (Å²) in [5.74, 6) is 0. The summed E-state index contributed by atoms with van der Waals surface area (Å²) < 4.78 is 0. The van der Waals surface area contributed by atoms with Crippen molar-refractivity contribution >= 4 is 12.3 Å². The van der Waals surface area contributed by atoms with Crippen molar-refractivity contribution in [3.05, 3.63) is 0 Å². The summed E-state index contributed by atoms with van der Waals surface area (Å²) in [7, 11) is 0. The van der Waals surface area contributed by atoms with Crippen molar-refractivity contribution in [3.8, 4) is 0 Å². The number of hydrogen-bond donors (Lipinski definition) is 1. The summed E-state index contributed by atoms with van der Waals surface area (Å²) in [4.78, 5) is 14.1. The van der Waals surface area contributed by atoms with Crippen molar-refractivity contribution in [2.45, 2.75) is 20.8 Å². The van der Waals surface area contributed by atoms with Gasteiger partial charge in [-0.15, -0.1) is 0 Å². The Morgan fingerprint density at radius 1 is 1.60 bits per heavy atom. The van der Waals surface area contributed by atoms with Gasteiger partial charge in [0.25, 0.3) is 0 Å². The standard InChI is InChI=1S/C6H12N2O2/c1-6(2,3)4-8-10-5(7)9/h4H,1-3H3,(H2,7,9)/b8-4+. The van der Waals surface area contributed by atoms with Crippen LogP contribution in [0.2, 0.25) is 0 Å². The van der Waals surface area contributed by atoms with Crippen molar-refractivity contribution < 1.29 is 9.63 Å². The van der Waals surface area contributed by atoms with Gasteiger partial charge in [0.1, 0.15) is 0 Å². The highest BCUT2D eigenvalue weighted by Crippen LogP contribution is 2.07. The number of primary amides is 1. The Morgan fingerprint density at radius 2 is 2.10 bits per heavy atom. The van der Waals surface area contributed by atoms with Crippen LogP contribution in [-0.4, -0.2) is 12.3 Å². The van der Waals surface area contributed by atoms with E-state index >= 15 is 0 Å². The minimum Gasteiger partial charge on any atom is -0.333 e. The van der Waals surface area contributed by atoms with Gasteiger partial charge >= 0.3 is 6.09 Å². The fourth-order valence-electron chi connectivity index (χ4n) is 0.236. The third-order valence-corrected chi connectivity index (χ3v) is 0.583. The molecular weight excluding hydrogens is 132 g/mol. The average Bonchev–Trinajstić information content (AvgIpc) is 1.59. The van der Waals surface area contributed by atoms with E-state index in [0.29, 0.717) is 0 Å². The summed E-state index contributed by atoms with van der Waals surface area (Å²) in [6.45, 7) is 5.79. The molecule has 0 aromatic rings. The number of rotatable bonds is 1. The monoisotopic (exact) mass is 144 g/mol. The molecule has 0 saturated carbocycles. The molecule has 0 bridgehead atoms. The molecular formula is C6H12N2O2. The normalized spacial score (nSPS) is 11.9. The van der Waals surface area contributed by atoms with Crippen LogP contribution in [0.4, 0.5) is 4.79 Å². The lowest BCUT2D eigenvalue weighted by Gasteiger charge is -2.07. The Bertz CT molecular complexity index is 146. The number of hydrogen-bond acceptors (Lipinski definition) is 3. The van der Waals surface area contributed by atoms with Gasteiger partial charge in [0, 0.05) is 11.6 Å². The van der Waals surface area contributed by atoms with Crippen LogP contribution < -0.4 is 5.73 Å². The van der Waals surface area contributed by atoms with Crippen LogP contribution in [0, 0.1) is 5.41 Å². The third kappa shape index (κ3) is 6.94. The van der Waals surface area contributed by atoms with E-state index < -0.39 is 6.09 Å². The van der Waals surface area contributed by atoms with Gasteiger partial charge in [-0.1, -0.05) is 25.9 Å². The van der Waals surface area contributed by atoms with Gasteiger partial charge in [-0.25, -0.2) is 4.79 Å². The Labute approximate surface area is 60.0 Å². The van der Waals surface area contributed by atoms with E-state index in [2.05, 4.69) is 15.7 Å². The second kappa shape index (κ2) is 3.20. The first kappa shape index (κ1) is 8.94. The minimum absolute atomic E-state index is 0.0878. The molecule has 4 nitrogen and oxygen atoms in total. The molecule has 0 aromatic carbocycles. The fraction of sp³-hybridized carbons (Fsp3) is 0.667. The number of carbonyl (C=O) groups excluding carboxylic acids is 1. The first-order valence-electron chi connectivity index (χ1n) is 2.93. The van der Waals surface area contributed by atoms with Crippen LogP contribution in [0.25, 0.3) is 0 Å². The van der Waals surface area contributed by atoms with Crippen molar-refractivity contribution in [3.63, 3.8) is 0 Å². The predicted octanol–water partition coefficient (Wildman–Crippen LogP) is 1.11. The molecule has 4 heteroatoms. The van der Waals surface area contributed by atoms with Gasteiger partial charge in [0.05, 0.1) is 0 Å². The largest absolute Gasteiger partial charge is 0.430 e. The third-order valence-electron chi connectivity index (χ3n) is 0.583. The van der Waals surface area contributed by atoms with Crippen molar-refractivity contribution in [2.75, 3.05) is 0 Å². The van der Waals surface area contributed by atoms with Gasteiger partial charge in [-0.05, 0) is 0 Å². The number of amides is 1. The van der Waals surface area contributed by atoms with E-state index in [0.717, 1.165) is 0 Å². The van der Waals surface area contributed by atoms with Crippen LogP contribution >= 0.6 is 0 Å². The van der Waals surface area contributed by atoms with Crippen LogP contribution in [0.15, 0.2) is 5.16 Å². The molecule has 0 aliphatic carbocycles. The van der Waals surface area contributed by atoms with Gasteiger partial charge in [0.2, 0.25) is 0 Å². The number of nitrogens with two attached hydrogens (primary N) is 1. The Kier molecular flexibility index (Phi) is 2.86. The van der Waals surface area contributed by atoms with Gasteiger partial charge < -0.3 is 5.73 Å². The van der Waals surface area contributed by atoms with Crippen molar-refractivity contribution in [1.29, 1.82) is 0 Å². The lowest BCUT2D eigenvalue weighted by atomic mass is 10.00. The summed E-state index contributed by atoms with van der Waals surface area (Å²) in [5, 5.41) is 3.34. The highest BCUT2D eigenvalue weighted by atomic mass is 16.7. The molecule has 2 N–H and O–H groups in total. The zero-order chi connectivity index (χ0) is 8.20. The fourth-order valence-corrected chi connectivity index (χ4v) is 0.236. The summed E-state index contributed by atoms with van der Waals surface area (Å²) in [6, 6.07) is 0. The maximum absolute atomic E-state index is 9.97. The second-order valence-electron chi connectivity index (χ2n) is 3.01. The summed E-state index contributed by atoms with van der Waals surface area (Å²) in [5.41, 5.74) is 4.56. The topological polar surface area (TPSA) is 64.7 Å². The van der Waals surface area contributed by atoms with Crippen LogP contribution in [0.5, 0.6) is 0 Å². The zero-order valence-electron chi connectivity index (χ0n) is 6.42. The molecule has 10 heavy (non-hydrogen) atoms. The smallest absolute Gasteiger partial charge is 0.333 e. The number of oxime groups is 1. The molecule has 0 atom stereocenters. The van der Waals surface area contributed by atoms with Gasteiger partial charge in [-0.3, -0.25) is 4.84 Å². The summed E-state index contributed by atoms with van der Waals surface area (Å²) in [6.07, 6.45) is 0.623. The Hall–Kier alpha value is -1.06. The van der Waals surface area contributed by atoms with E-state index in [-0.39, 0.29) is 5.41 Å². The number of carbonyl (C=O) groups is 1. The molecule has 1 amide bonds. The highest BCUT2D eigenvalue weighted by Gasteiger charge is 2.05. The molecule has 0 spiro atoms. The second-order valence-corrected chi connectivity index (χ2v) is 3.01. The van der Waals surface area contributed by atoms with Crippen LogP contribution in [0.1, 0.15) is 20.8 Å². The Balaban J connectivity index is 3.67. The van der Waals surface area contributed by atoms with Gasteiger partial charge in [-0.2, -0.15) is 0 Å². The van der Waals surface area contributed by atoms with E-state index in [1.54, 1.807) is 0 Å². The molecule has 0 unspecified atom stereocenters. The first-order chi connectivity index (χ1) is 4.42. The molecule has 0 radical (unpaired) electrons. The van der Waals surface area contributed by atoms with E-state index in [1.807, 2.05) is 20.8 Å². The molecule has 0 heterocycles. The lowest BCUT2D eigenvalue weighted by Crippen LogP contribution is -2.12. The quantitative estimate of drug-likeness (QED) is 0.340.